The van der Waals surface area contributed by atoms with Crippen LogP contribution in [-0.2, 0) is 27.3 Å². The number of nitrogens with two attached hydrogens (primary N) is 1. The Morgan fingerprint density at radius 1 is 0.940 bits per heavy atom. The smallest absolute Gasteiger partial charge is 0.252 e. The van der Waals surface area contributed by atoms with Gasteiger partial charge in [-0.25, -0.2) is 8.78 Å². The van der Waals surface area contributed by atoms with Crippen molar-refractivity contribution >= 4 is 34.9 Å². The number of amides is 3. The summed E-state index contributed by atoms with van der Waals surface area (Å²) in [5, 5.41) is 4.21. The normalized spacial score (nSPS) is 18.6. The van der Waals surface area contributed by atoms with Crippen LogP contribution in [0.3, 0.4) is 0 Å². The van der Waals surface area contributed by atoms with Crippen LogP contribution in [0.4, 0.5) is 13.2 Å². The average molecular weight is 709 g/mol. The van der Waals surface area contributed by atoms with E-state index in [1.807, 2.05) is 53.4 Å². The molecule has 2 heterocycles. The van der Waals surface area contributed by atoms with Crippen molar-refractivity contribution in [2.24, 2.45) is 5.73 Å². The van der Waals surface area contributed by atoms with Crippen LogP contribution in [0.25, 0.3) is 5.57 Å². The Kier molecular flexibility index (Phi) is 11.1. The maximum absolute atomic E-state index is 14.7. The highest BCUT2D eigenvalue weighted by atomic mass is 35.5. The maximum Gasteiger partial charge on any atom is 0.252 e. The lowest BCUT2D eigenvalue weighted by atomic mass is 9.82. The number of ether oxygens (including phenoxy) is 1. The standard InChI is InChI=1S/C38H40ClF3N4O4/c39-29-7-2-1-6-25(29)20-46(27-14-15-27)38(49)35-28(19-26-21-45(22-32(35)44-26)34(48)9-3-8-33(43)47)24-12-10-23(11-13-24)5-4-18-50-37-31(41)17-16-30(40)36(37)42/h1-2,6-7,10-13,16-17,26-27,32,44H,3-5,8-9,14-15,18-22H2,(H2,43,47). The molecule has 6 rings (SSSR count). The van der Waals surface area contributed by atoms with Crippen molar-refractivity contribution in [3.8, 4) is 5.75 Å². The van der Waals surface area contributed by atoms with E-state index in [0.717, 1.165) is 47.2 Å². The highest BCUT2D eigenvalue weighted by Crippen LogP contribution is 2.38. The quantitative estimate of drug-likeness (QED) is 0.159. The molecule has 264 valence electrons. The number of fused-ring (bicyclic) bond motifs is 2. The van der Waals surface area contributed by atoms with E-state index in [4.69, 9.17) is 22.1 Å². The van der Waals surface area contributed by atoms with Gasteiger partial charge in [0, 0.05) is 55.2 Å². The largest absolute Gasteiger partial charge is 0.488 e. The first-order chi connectivity index (χ1) is 24.1. The van der Waals surface area contributed by atoms with Gasteiger partial charge in [0.2, 0.25) is 17.6 Å². The van der Waals surface area contributed by atoms with Crippen LogP contribution in [-0.4, -0.2) is 65.3 Å². The van der Waals surface area contributed by atoms with Crippen LogP contribution in [0.15, 0.2) is 66.2 Å². The molecular formula is C38H40ClF3N4O4. The summed E-state index contributed by atoms with van der Waals surface area (Å²) >= 11 is 6.53. The molecule has 3 N–H and O–H groups in total. The third kappa shape index (κ3) is 8.33. The number of nitrogens with zero attached hydrogens (tertiary/aromatic N) is 2. The number of primary amides is 1. The van der Waals surface area contributed by atoms with E-state index in [2.05, 4.69) is 5.32 Å². The second-order valence-corrected chi connectivity index (χ2v) is 13.6. The van der Waals surface area contributed by atoms with Gasteiger partial charge in [0.1, 0.15) is 0 Å². The van der Waals surface area contributed by atoms with Gasteiger partial charge in [-0.3, -0.25) is 14.4 Å². The van der Waals surface area contributed by atoms with Crippen molar-refractivity contribution in [1.82, 2.24) is 15.1 Å². The van der Waals surface area contributed by atoms with Crippen LogP contribution in [0.2, 0.25) is 5.02 Å². The number of aryl methyl sites for hydroxylation is 1. The third-order valence-electron chi connectivity index (χ3n) is 9.51. The van der Waals surface area contributed by atoms with E-state index in [1.165, 1.54) is 0 Å². The second kappa shape index (κ2) is 15.7. The minimum Gasteiger partial charge on any atom is -0.488 e. The van der Waals surface area contributed by atoms with E-state index in [1.54, 1.807) is 4.90 Å². The molecule has 8 nitrogen and oxygen atoms in total. The molecule has 1 aliphatic carbocycles. The van der Waals surface area contributed by atoms with Crippen molar-refractivity contribution < 1.29 is 32.3 Å². The number of carbonyl (C=O) groups excluding carboxylic acids is 3. The van der Waals surface area contributed by atoms with Crippen molar-refractivity contribution in [3.05, 3.63) is 105 Å². The number of nitrogens with one attached hydrogen (secondary N) is 1. The van der Waals surface area contributed by atoms with Gasteiger partial charge in [-0.15, -0.1) is 0 Å². The summed E-state index contributed by atoms with van der Waals surface area (Å²) in [6, 6.07) is 16.6. The number of hydrogen-bond acceptors (Lipinski definition) is 5. The van der Waals surface area contributed by atoms with Crippen LogP contribution in [0.5, 0.6) is 5.75 Å². The van der Waals surface area contributed by atoms with Crippen LogP contribution >= 0.6 is 11.6 Å². The highest BCUT2D eigenvalue weighted by molar-refractivity contribution is 6.31. The number of halogens is 4. The van der Waals surface area contributed by atoms with Crippen LogP contribution in [0.1, 0.15) is 61.6 Å². The van der Waals surface area contributed by atoms with Crippen molar-refractivity contribution in [2.45, 2.75) is 76.0 Å². The Hall–Kier alpha value is -4.35. The van der Waals surface area contributed by atoms with Gasteiger partial charge in [0.25, 0.3) is 5.91 Å². The monoisotopic (exact) mass is 708 g/mol. The summed E-state index contributed by atoms with van der Waals surface area (Å²) in [5.41, 5.74) is 9.58. The zero-order valence-electron chi connectivity index (χ0n) is 27.6. The Bertz CT molecular complexity index is 1780. The summed E-state index contributed by atoms with van der Waals surface area (Å²) in [5.74, 6) is -4.79. The van der Waals surface area contributed by atoms with Gasteiger partial charge >= 0.3 is 0 Å². The Labute approximate surface area is 294 Å². The molecule has 3 aliphatic rings. The molecule has 2 aliphatic heterocycles. The van der Waals surface area contributed by atoms with E-state index in [-0.39, 0.29) is 43.3 Å². The summed E-state index contributed by atoms with van der Waals surface area (Å²) in [7, 11) is 0. The lowest BCUT2D eigenvalue weighted by Crippen LogP contribution is -2.62. The molecular weight excluding hydrogens is 669 g/mol. The number of carbonyl (C=O) groups is 3. The molecule has 1 saturated heterocycles. The first-order valence-corrected chi connectivity index (χ1v) is 17.4. The molecule has 2 atom stereocenters. The summed E-state index contributed by atoms with van der Waals surface area (Å²) in [6.45, 7) is 1.17. The Morgan fingerprint density at radius 3 is 2.40 bits per heavy atom. The molecule has 12 heteroatoms. The van der Waals surface area contributed by atoms with E-state index < -0.39 is 35.2 Å². The van der Waals surface area contributed by atoms with Gasteiger partial charge in [-0.2, -0.15) is 4.39 Å². The number of rotatable bonds is 14. The molecule has 0 spiro atoms. The molecule has 1 saturated carbocycles. The third-order valence-corrected chi connectivity index (χ3v) is 9.88. The van der Waals surface area contributed by atoms with Gasteiger partial charge in [-0.05, 0) is 79.0 Å². The minimum atomic E-state index is -1.34. The van der Waals surface area contributed by atoms with Crippen molar-refractivity contribution in [3.63, 3.8) is 0 Å². The molecule has 0 radical (unpaired) electrons. The Balaban J connectivity index is 1.22. The molecule has 3 aromatic carbocycles. The maximum atomic E-state index is 14.7. The molecule has 2 unspecified atom stereocenters. The first kappa shape index (κ1) is 35.5. The van der Waals surface area contributed by atoms with Gasteiger partial charge in [0.15, 0.2) is 17.4 Å². The van der Waals surface area contributed by atoms with E-state index in [0.29, 0.717) is 55.9 Å². The molecule has 2 bridgehead atoms. The second-order valence-electron chi connectivity index (χ2n) is 13.2. The fourth-order valence-electron chi connectivity index (χ4n) is 6.82. The SMILES string of the molecule is NC(=O)CCCC(=O)N1CC2CC(c3ccc(CCCOc4c(F)ccc(F)c4F)cc3)=C(C(=O)N(Cc3ccccc3Cl)C3CC3)C(C1)N2. The topological polar surface area (TPSA) is 105 Å². The van der Waals surface area contributed by atoms with Crippen LogP contribution < -0.4 is 15.8 Å². The zero-order valence-corrected chi connectivity index (χ0v) is 28.4. The first-order valence-electron chi connectivity index (χ1n) is 17.0. The van der Waals surface area contributed by atoms with E-state index >= 15 is 0 Å². The molecule has 0 aromatic heterocycles. The zero-order chi connectivity index (χ0) is 35.4. The van der Waals surface area contributed by atoms with Gasteiger partial charge in [-0.1, -0.05) is 54.1 Å². The highest BCUT2D eigenvalue weighted by Gasteiger charge is 2.43. The fourth-order valence-corrected chi connectivity index (χ4v) is 7.02. The number of hydrogen-bond donors (Lipinski definition) is 2. The molecule has 2 fully saturated rings. The molecule has 3 amide bonds. The summed E-state index contributed by atoms with van der Waals surface area (Å²) in [6.07, 6.45) is 4.07. The fraction of sp³-hybridized carbons (Fsp3) is 0.395. The van der Waals surface area contributed by atoms with Crippen molar-refractivity contribution in [1.29, 1.82) is 0 Å². The minimum absolute atomic E-state index is 0.00193. The van der Waals surface area contributed by atoms with Gasteiger partial charge in [0.05, 0.1) is 12.6 Å². The lowest BCUT2D eigenvalue weighted by Gasteiger charge is -2.45. The predicted octanol–water partition coefficient (Wildman–Crippen LogP) is 5.94. The summed E-state index contributed by atoms with van der Waals surface area (Å²) in [4.78, 5) is 42.8. The average Bonchev–Trinajstić information content (AvgIpc) is 3.94. The van der Waals surface area contributed by atoms with E-state index in [9.17, 15) is 27.6 Å². The molecule has 50 heavy (non-hydrogen) atoms. The predicted molar refractivity (Wildman–Crippen MR) is 183 cm³/mol. The number of piperazine rings is 1. The summed E-state index contributed by atoms with van der Waals surface area (Å²) < 4.78 is 46.6. The van der Waals surface area contributed by atoms with Gasteiger partial charge < -0.3 is 25.6 Å². The van der Waals surface area contributed by atoms with Crippen molar-refractivity contribution in [2.75, 3.05) is 19.7 Å². The lowest BCUT2D eigenvalue weighted by molar-refractivity contribution is -0.134. The Morgan fingerprint density at radius 2 is 1.68 bits per heavy atom. The van der Waals surface area contributed by atoms with Crippen LogP contribution in [0, 0.1) is 17.5 Å². The molecule has 3 aromatic rings. The number of benzene rings is 3.